The molecule has 1 unspecified atom stereocenters. The van der Waals surface area contributed by atoms with Gasteiger partial charge in [0, 0.05) is 42.9 Å². The lowest BCUT2D eigenvalue weighted by Crippen LogP contribution is -2.25. The van der Waals surface area contributed by atoms with E-state index in [4.69, 9.17) is 0 Å². The smallest absolute Gasteiger partial charge is 0.0820 e. The normalized spacial score (nSPS) is 15.8. The van der Waals surface area contributed by atoms with Gasteiger partial charge in [-0.05, 0) is 115 Å². The zero-order chi connectivity index (χ0) is 41.2. The average Bonchev–Trinajstić information content (AvgIpc) is 4.01. The van der Waals surface area contributed by atoms with Crippen molar-refractivity contribution in [2.24, 2.45) is 0 Å². The first-order valence-electron chi connectivity index (χ1n) is 21.7. The largest absolute Gasteiger partial charge is 0.310 e. The van der Waals surface area contributed by atoms with Crippen LogP contribution < -0.4 is 4.90 Å². The van der Waals surface area contributed by atoms with Gasteiger partial charge in [0.05, 0.1) is 11.1 Å². The molecule has 0 aliphatic heterocycles. The van der Waals surface area contributed by atoms with Crippen molar-refractivity contribution in [2.75, 3.05) is 4.90 Å². The van der Waals surface area contributed by atoms with Gasteiger partial charge in [-0.15, -0.1) is 11.3 Å². The molecule has 0 saturated heterocycles. The third-order valence-electron chi connectivity index (χ3n) is 14.1. The molecule has 1 nitrogen and oxygen atoms in total. The maximum atomic E-state index is 2.54. The van der Waals surface area contributed by atoms with Gasteiger partial charge in [-0.2, -0.15) is 0 Å². The highest BCUT2D eigenvalue weighted by Crippen LogP contribution is 2.66. The van der Waals surface area contributed by atoms with Gasteiger partial charge in [-0.25, -0.2) is 0 Å². The Kier molecular flexibility index (Phi) is 7.51. The number of fused-ring (bicyclic) bond motifs is 15. The Balaban J connectivity index is 1.10. The van der Waals surface area contributed by atoms with E-state index in [9.17, 15) is 0 Å². The molecule has 62 heavy (non-hydrogen) atoms. The number of rotatable bonds is 5. The van der Waals surface area contributed by atoms with E-state index >= 15 is 0 Å². The standard InChI is InChI=1S/C60H41NS/c1-59(2)50-25-13-9-21-43(50)45-32-30-41(36-53(45)59)61(55-34-29-40(38-17-5-3-6-18-38)35-49(55)39-19-7-4-8-20-39)42-31-33-46-44-22-10-14-26-51(44)60(54(46)37-42)52-27-15-11-23-47(52)57-48-24-12-16-28-56(48)62-58(57)60/h3-37H,1-2H3. The maximum absolute atomic E-state index is 2.54. The number of hydrogen-bond acceptors (Lipinski definition) is 2. The van der Waals surface area contributed by atoms with Gasteiger partial charge in [-0.3, -0.25) is 0 Å². The van der Waals surface area contributed by atoms with E-state index < -0.39 is 5.41 Å². The molecule has 3 aliphatic rings. The molecule has 1 spiro atoms. The van der Waals surface area contributed by atoms with Crippen LogP contribution in [0, 0.1) is 0 Å². The fraction of sp³-hybridized carbons (Fsp3) is 0.0667. The second kappa shape index (κ2) is 13.1. The molecule has 10 aromatic rings. The van der Waals surface area contributed by atoms with Crippen LogP contribution in [0.5, 0.6) is 0 Å². The molecule has 1 atom stereocenters. The summed E-state index contributed by atoms with van der Waals surface area (Å²) in [7, 11) is 0. The average molecular weight is 808 g/mol. The second-order valence-corrected chi connectivity index (χ2v) is 18.6. The topological polar surface area (TPSA) is 3.24 Å². The molecule has 0 radical (unpaired) electrons. The fourth-order valence-corrected chi connectivity index (χ4v) is 12.8. The molecule has 292 valence electrons. The number of thiophene rings is 1. The minimum absolute atomic E-state index is 0.151. The van der Waals surface area contributed by atoms with Crippen LogP contribution in [0.2, 0.25) is 0 Å². The molecule has 2 heteroatoms. The minimum atomic E-state index is -0.454. The molecular formula is C60H41NS. The van der Waals surface area contributed by atoms with Gasteiger partial charge in [0.15, 0.2) is 0 Å². The van der Waals surface area contributed by atoms with Gasteiger partial charge < -0.3 is 4.90 Å². The van der Waals surface area contributed by atoms with E-state index in [1.807, 2.05) is 11.3 Å². The van der Waals surface area contributed by atoms with E-state index in [0.717, 1.165) is 17.1 Å². The zero-order valence-corrected chi connectivity index (χ0v) is 35.4. The molecule has 0 amide bonds. The Labute approximate surface area is 366 Å². The summed E-state index contributed by atoms with van der Waals surface area (Å²) in [5.74, 6) is 0. The highest BCUT2D eigenvalue weighted by molar-refractivity contribution is 7.20. The van der Waals surface area contributed by atoms with Crippen LogP contribution in [0.1, 0.15) is 46.5 Å². The molecular weight excluding hydrogens is 767 g/mol. The van der Waals surface area contributed by atoms with Crippen LogP contribution in [0.15, 0.2) is 212 Å². The first kappa shape index (κ1) is 35.5. The van der Waals surface area contributed by atoms with Crippen molar-refractivity contribution in [1.29, 1.82) is 0 Å². The summed E-state index contributed by atoms with van der Waals surface area (Å²) < 4.78 is 1.34. The first-order valence-corrected chi connectivity index (χ1v) is 22.5. The second-order valence-electron chi connectivity index (χ2n) is 17.6. The van der Waals surface area contributed by atoms with Crippen molar-refractivity contribution in [3.63, 3.8) is 0 Å². The van der Waals surface area contributed by atoms with E-state index in [-0.39, 0.29) is 5.41 Å². The predicted octanol–water partition coefficient (Wildman–Crippen LogP) is 16.4. The third kappa shape index (κ3) is 4.79. The Morgan fingerprint density at radius 1 is 0.371 bits per heavy atom. The van der Waals surface area contributed by atoms with Gasteiger partial charge in [0.2, 0.25) is 0 Å². The van der Waals surface area contributed by atoms with E-state index in [2.05, 4.69) is 231 Å². The van der Waals surface area contributed by atoms with Gasteiger partial charge in [0.25, 0.3) is 0 Å². The molecule has 0 N–H and O–H groups in total. The molecule has 9 aromatic carbocycles. The quantitative estimate of drug-likeness (QED) is 0.167. The van der Waals surface area contributed by atoms with Crippen LogP contribution in [0.4, 0.5) is 17.1 Å². The highest BCUT2D eigenvalue weighted by Gasteiger charge is 2.53. The van der Waals surface area contributed by atoms with E-state index in [1.54, 1.807) is 0 Å². The van der Waals surface area contributed by atoms with Crippen LogP contribution in [-0.2, 0) is 10.8 Å². The minimum Gasteiger partial charge on any atom is -0.310 e. The fourth-order valence-electron chi connectivity index (χ4n) is 11.3. The van der Waals surface area contributed by atoms with Crippen molar-refractivity contribution in [3.05, 3.63) is 245 Å². The lowest BCUT2D eigenvalue weighted by atomic mass is 9.74. The monoisotopic (exact) mass is 807 g/mol. The molecule has 0 bridgehead atoms. The zero-order valence-electron chi connectivity index (χ0n) is 34.6. The number of benzene rings is 9. The lowest BCUT2D eigenvalue weighted by Gasteiger charge is -2.33. The van der Waals surface area contributed by atoms with Gasteiger partial charge in [0.1, 0.15) is 0 Å². The first-order chi connectivity index (χ1) is 30.5. The number of nitrogens with zero attached hydrogens (tertiary/aromatic N) is 1. The van der Waals surface area contributed by atoms with Crippen molar-refractivity contribution >= 4 is 38.5 Å². The molecule has 0 saturated carbocycles. The molecule has 1 aromatic heterocycles. The Hall–Kier alpha value is -7.26. The summed E-state index contributed by atoms with van der Waals surface area (Å²) in [6.45, 7) is 4.76. The summed E-state index contributed by atoms with van der Waals surface area (Å²) in [5.41, 5.74) is 22.4. The van der Waals surface area contributed by atoms with Crippen LogP contribution >= 0.6 is 11.3 Å². The summed E-state index contributed by atoms with van der Waals surface area (Å²) in [6.07, 6.45) is 0. The lowest BCUT2D eigenvalue weighted by molar-refractivity contribution is 0.660. The van der Waals surface area contributed by atoms with Gasteiger partial charge >= 0.3 is 0 Å². The number of hydrogen-bond donors (Lipinski definition) is 0. The van der Waals surface area contributed by atoms with Crippen LogP contribution in [0.25, 0.3) is 65.7 Å². The van der Waals surface area contributed by atoms with Crippen molar-refractivity contribution < 1.29 is 0 Å². The predicted molar refractivity (Wildman–Crippen MR) is 261 cm³/mol. The molecule has 3 aliphatic carbocycles. The van der Waals surface area contributed by atoms with E-state index in [1.165, 1.54) is 98.4 Å². The van der Waals surface area contributed by atoms with Crippen molar-refractivity contribution in [3.8, 4) is 55.6 Å². The highest BCUT2D eigenvalue weighted by atomic mass is 32.1. The summed E-state index contributed by atoms with van der Waals surface area (Å²) in [5, 5.41) is 1.34. The van der Waals surface area contributed by atoms with Crippen LogP contribution in [0.3, 0.4) is 0 Å². The van der Waals surface area contributed by atoms with Crippen molar-refractivity contribution in [1.82, 2.24) is 0 Å². The molecule has 1 heterocycles. The summed E-state index contributed by atoms with van der Waals surface area (Å²) in [6, 6.07) is 79.6. The Morgan fingerprint density at radius 3 is 1.63 bits per heavy atom. The summed E-state index contributed by atoms with van der Waals surface area (Å²) >= 11 is 1.97. The molecule has 13 rings (SSSR count). The molecule has 0 fully saturated rings. The number of anilines is 3. The SMILES string of the molecule is CC1(C)c2ccccc2-c2ccc(N(c3ccc4c(c3)C3(c5ccccc5-4)c4ccccc4-c4c3sc3ccccc43)c3ccc(-c4ccccc4)cc3-c3ccccc3)cc21. The maximum Gasteiger partial charge on any atom is 0.0820 e. The van der Waals surface area contributed by atoms with Crippen molar-refractivity contribution in [2.45, 2.75) is 24.7 Å². The van der Waals surface area contributed by atoms with E-state index in [0.29, 0.717) is 0 Å². The van der Waals surface area contributed by atoms with Crippen LogP contribution in [-0.4, -0.2) is 0 Å². The summed E-state index contributed by atoms with van der Waals surface area (Å²) in [4.78, 5) is 3.96. The van der Waals surface area contributed by atoms with Gasteiger partial charge in [-0.1, -0.05) is 184 Å². The Morgan fingerprint density at radius 2 is 0.903 bits per heavy atom. The Bertz CT molecular complexity index is 3450. The third-order valence-corrected chi connectivity index (χ3v) is 15.4.